The Balaban J connectivity index is 5.16. The molecule has 0 aromatic rings. The molecule has 0 N–H and O–H groups in total. The van der Waals surface area contributed by atoms with Crippen molar-refractivity contribution >= 4 is 11.8 Å². The molecule has 0 aliphatic rings. The summed E-state index contributed by atoms with van der Waals surface area (Å²) in [6.45, 7) is 8.27. The average Bonchev–Trinajstić information content (AvgIpc) is 2.17. The number of nitriles is 1. The molecule has 0 saturated carbocycles. The van der Waals surface area contributed by atoms with Crippen LogP contribution < -0.4 is 0 Å². The molecule has 0 heterocycles. The largest absolute Gasteiger partial charge is 0.459 e. The van der Waals surface area contributed by atoms with Crippen LogP contribution in [-0.2, 0) is 14.3 Å². The highest BCUT2D eigenvalue weighted by Gasteiger charge is 2.38. The predicted octanol–water partition coefficient (Wildman–Crippen LogP) is 2.39. The molecule has 0 fully saturated rings. The third-order valence-electron chi connectivity index (χ3n) is 2.12. The first-order valence-corrected chi connectivity index (χ1v) is 5.51. The van der Waals surface area contributed by atoms with Crippen molar-refractivity contribution in [3.63, 3.8) is 0 Å². The van der Waals surface area contributed by atoms with Crippen LogP contribution in [0.5, 0.6) is 0 Å². The molecule has 0 aliphatic heterocycles. The van der Waals surface area contributed by atoms with Crippen LogP contribution in [0.4, 0.5) is 0 Å². The number of carbonyl (C=O) groups is 2. The first-order valence-electron chi connectivity index (χ1n) is 5.51. The van der Waals surface area contributed by atoms with E-state index in [2.05, 4.69) is 0 Å². The van der Waals surface area contributed by atoms with Gasteiger partial charge in [-0.3, -0.25) is 4.79 Å². The maximum absolute atomic E-state index is 11.9. The van der Waals surface area contributed by atoms with E-state index in [1.54, 1.807) is 27.7 Å². The first-order chi connectivity index (χ1) is 7.67. The van der Waals surface area contributed by atoms with Gasteiger partial charge in [0.25, 0.3) is 0 Å². The SMILES string of the molecule is CC[C@](C#N)(/C=C/C(C)=O)C(=O)OC(C)(C)C. The Labute approximate surface area is 102 Å². The number of hydrogen-bond donors (Lipinski definition) is 0. The Morgan fingerprint density at radius 3 is 2.18 bits per heavy atom. The molecule has 1 atom stereocenters. The smallest absolute Gasteiger partial charge is 0.330 e. The molecule has 0 saturated heterocycles. The zero-order chi connectivity index (χ0) is 13.7. The summed E-state index contributed by atoms with van der Waals surface area (Å²) in [5.41, 5.74) is -2.03. The lowest BCUT2D eigenvalue weighted by molar-refractivity contribution is -0.161. The van der Waals surface area contributed by atoms with E-state index in [1.165, 1.54) is 19.1 Å². The minimum atomic E-state index is -1.38. The second-order valence-corrected chi connectivity index (χ2v) is 4.88. The summed E-state index contributed by atoms with van der Waals surface area (Å²) in [4.78, 5) is 22.8. The molecule has 0 spiro atoms. The van der Waals surface area contributed by atoms with E-state index in [9.17, 15) is 9.59 Å². The van der Waals surface area contributed by atoms with Crippen LogP contribution in [0.15, 0.2) is 12.2 Å². The molecular formula is C13H19NO3. The van der Waals surface area contributed by atoms with Crippen LogP contribution in [0.2, 0.25) is 0 Å². The summed E-state index contributed by atoms with van der Waals surface area (Å²) in [6.07, 6.45) is 2.82. The first kappa shape index (κ1) is 15.4. The molecule has 0 aromatic heterocycles. The van der Waals surface area contributed by atoms with Gasteiger partial charge in [0.15, 0.2) is 11.2 Å². The van der Waals surface area contributed by atoms with Gasteiger partial charge < -0.3 is 4.74 Å². The van der Waals surface area contributed by atoms with Crippen molar-refractivity contribution in [3.05, 3.63) is 12.2 Å². The van der Waals surface area contributed by atoms with E-state index in [-0.39, 0.29) is 12.2 Å². The van der Waals surface area contributed by atoms with Crippen molar-refractivity contribution in [1.29, 1.82) is 5.26 Å². The van der Waals surface area contributed by atoms with Crippen molar-refractivity contribution in [2.45, 2.75) is 46.6 Å². The zero-order valence-electron chi connectivity index (χ0n) is 11.0. The average molecular weight is 237 g/mol. The number of hydrogen-bond acceptors (Lipinski definition) is 4. The Bertz CT molecular complexity index is 371. The maximum Gasteiger partial charge on any atom is 0.330 e. The molecule has 0 unspecified atom stereocenters. The lowest BCUT2D eigenvalue weighted by Gasteiger charge is -2.26. The van der Waals surface area contributed by atoms with Crippen LogP contribution in [0.1, 0.15) is 41.0 Å². The van der Waals surface area contributed by atoms with E-state index in [1.807, 2.05) is 6.07 Å². The van der Waals surface area contributed by atoms with Gasteiger partial charge in [0.05, 0.1) is 6.07 Å². The van der Waals surface area contributed by atoms with E-state index >= 15 is 0 Å². The fourth-order valence-corrected chi connectivity index (χ4v) is 1.12. The third-order valence-corrected chi connectivity index (χ3v) is 2.12. The van der Waals surface area contributed by atoms with Gasteiger partial charge in [-0.25, -0.2) is 4.79 Å². The number of nitrogens with zero attached hydrogens (tertiary/aromatic N) is 1. The van der Waals surface area contributed by atoms with Gasteiger partial charge in [0, 0.05) is 0 Å². The van der Waals surface area contributed by atoms with Gasteiger partial charge in [-0.2, -0.15) is 5.26 Å². The van der Waals surface area contributed by atoms with E-state index in [0.29, 0.717) is 0 Å². The summed E-state index contributed by atoms with van der Waals surface area (Å²) in [6, 6.07) is 1.93. The number of ketones is 1. The quantitative estimate of drug-likeness (QED) is 0.556. The van der Waals surface area contributed by atoms with E-state index < -0.39 is 17.0 Å². The lowest BCUT2D eigenvalue weighted by Crippen LogP contribution is -2.35. The minimum Gasteiger partial charge on any atom is -0.459 e. The normalized spacial score (nSPS) is 15.1. The molecule has 0 radical (unpaired) electrons. The summed E-state index contributed by atoms with van der Waals surface area (Å²) in [5, 5.41) is 9.14. The molecule has 17 heavy (non-hydrogen) atoms. The topological polar surface area (TPSA) is 67.2 Å². The number of ether oxygens (including phenoxy) is 1. The lowest BCUT2D eigenvalue weighted by atomic mass is 9.86. The van der Waals surface area contributed by atoms with E-state index in [4.69, 9.17) is 10.00 Å². The van der Waals surface area contributed by atoms with E-state index in [0.717, 1.165) is 0 Å². The predicted molar refractivity (Wildman–Crippen MR) is 64.0 cm³/mol. The van der Waals surface area contributed by atoms with Gasteiger partial charge in [-0.05, 0) is 46.3 Å². The highest BCUT2D eigenvalue weighted by Crippen LogP contribution is 2.27. The van der Waals surface area contributed by atoms with Crippen molar-refractivity contribution < 1.29 is 14.3 Å². The molecule has 4 nitrogen and oxygen atoms in total. The van der Waals surface area contributed by atoms with Gasteiger partial charge >= 0.3 is 5.97 Å². The van der Waals surface area contributed by atoms with Crippen molar-refractivity contribution in [3.8, 4) is 6.07 Å². The minimum absolute atomic E-state index is 0.207. The van der Waals surface area contributed by atoms with Gasteiger partial charge in [0.2, 0.25) is 0 Å². The Hall–Kier alpha value is -1.63. The molecule has 0 aliphatic carbocycles. The van der Waals surface area contributed by atoms with Crippen molar-refractivity contribution in [2.75, 3.05) is 0 Å². The van der Waals surface area contributed by atoms with Crippen molar-refractivity contribution in [2.24, 2.45) is 5.41 Å². The van der Waals surface area contributed by atoms with Crippen LogP contribution in [0.3, 0.4) is 0 Å². The fourth-order valence-electron chi connectivity index (χ4n) is 1.12. The number of rotatable bonds is 4. The molecule has 4 heteroatoms. The monoisotopic (exact) mass is 237 g/mol. The summed E-state index contributed by atoms with van der Waals surface area (Å²) < 4.78 is 5.19. The summed E-state index contributed by atoms with van der Waals surface area (Å²) in [7, 11) is 0. The third kappa shape index (κ3) is 4.81. The zero-order valence-corrected chi connectivity index (χ0v) is 11.0. The highest BCUT2D eigenvalue weighted by atomic mass is 16.6. The molecule has 0 rings (SSSR count). The highest BCUT2D eigenvalue weighted by molar-refractivity contribution is 5.90. The molecule has 0 bridgehead atoms. The fraction of sp³-hybridized carbons (Fsp3) is 0.615. The van der Waals surface area contributed by atoms with Gasteiger partial charge in [0.1, 0.15) is 5.60 Å². The van der Waals surface area contributed by atoms with Gasteiger partial charge in [-0.1, -0.05) is 6.92 Å². The second kappa shape index (κ2) is 5.62. The Morgan fingerprint density at radius 2 is 1.88 bits per heavy atom. The van der Waals surface area contributed by atoms with Crippen LogP contribution in [0, 0.1) is 16.7 Å². The summed E-state index contributed by atoms with van der Waals surface area (Å²) in [5.74, 6) is -0.825. The molecule has 0 amide bonds. The standard InChI is InChI=1S/C13H19NO3/c1-6-13(9-14,8-7-10(2)15)11(16)17-12(3,4)5/h7-8H,6H2,1-5H3/b8-7+/t13-/m1/s1. The van der Waals surface area contributed by atoms with Crippen LogP contribution >= 0.6 is 0 Å². The van der Waals surface area contributed by atoms with Crippen LogP contribution in [-0.4, -0.2) is 17.4 Å². The Morgan fingerprint density at radius 1 is 1.35 bits per heavy atom. The number of allylic oxidation sites excluding steroid dienone is 1. The molecular weight excluding hydrogens is 218 g/mol. The van der Waals surface area contributed by atoms with Gasteiger partial charge in [-0.15, -0.1) is 0 Å². The Kier molecular flexibility index (Phi) is 5.09. The molecule has 0 aromatic carbocycles. The number of esters is 1. The number of carbonyl (C=O) groups excluding carboxylic acids is 2. The second-order valence-electron chi connectivity index (χ2n) is 4.88. The van der Waals surface area contributed by atoms with Crippen molar-refractivity contribution in [1.82, 2.24) is 0 Å². The molecule has 94 valence electrons. The summed E-state index contributed by atoms with van der Waals surface area (Å²) >= 11 is 0. The van der Waals surface area contributed by atoms with Crippen LogP contribution in [0.25, 0.3) is 0 Å². The maximum atomic E-state index is 11.9.